The molecule has 6 bridgehead atoms. The van der Waals surface area contributed by atoms with E-state index in [2.05, 4.69) is 73.6 Å². The second-order valence-electron chi connectivity index (χ2n) is 10.7. The first-order valence-corrected chi connectivity index (χ1v) is 11.9. The third-order valence-corrected chi connectivity index (χ3v) is 9.93. The summed E-state index contributed by atoms with van der Waals surface area (Å²) in [7, 11) is 0.377. The van der Waals surface area contributed by atoms with Gasteiger partial charge in [0.05, 0.1) is 0 Å². The van der Waals surface area contributed by atoms with Crippen LogP contribution in [0.5, 0.6) is 0 Å². The molecule has 0 aromatic heterocycles. The Balaban J connectivity index is 1.80. The van der Waals surface area contributed by atoms with Crippen molar-refractivity contribution in [3.8, 4) is 11.1 Å². The standard InChI is InChI=1S/C26H32Si/c1-12(2)15-9-16(13(3)4)11-17(10-15)19-20-18-14(5)24-22(19)23(21(18)20)25(27-24)26(6,7)8/h9-13,21,25,27H,1-8H3. The molecule has 0 fully saturated rings. The molecule has 1 heterocycles. The summed E-state index contributed by atoms with van der Waals surface area (Å²) < 4.78 is 0. The Labute approximate surface area is 166 Å². The van der Waals surface area contributed by atoms with Gasteiger partial charge in [0, 0.05) is 15.0 Å². The maximum Gasteiger partial charge on any atom is 0.0326 e. The van der Waals surface area contributed by atoms with Crippen LogP contribution in [0.1, 0.15) is 94.0 Å². The van der Waals surface area contributed by atoms with Crippen LogP contribution < -0.4 is 5.22 Å². The van der Waals surface area contributed by atoms with Gasteiger partial charge in [-0.2, -0.15) is 0 Å². The van der Waals surface area contributed by atoms with E-state index in [1.807, 2.05) is 5.57 Å². The van der Waals surface area contributed by atoms with E-state index in [1.165, 1.54) is 16.7 Å². The first kappa shape index (κ1) is 17.6. The molecule has 0 spiro atoms. The summed E-state index contributed by atoms with van der Waals surface area (Å²) in [5, 5.41) is 1.70. The fraction of sp³-hybridized carbons (Fsp3) is 0.500. The van der Waals surface area contributed by atoms with Crippen LogP contribution in [0.25, 0.3) is 16.7 Å². The first-order valence-electron chi connectivity index (χ1n) is 10.7. The summed E-state index contributed by atoms with van der Waals surface area (Å²) in [4.78, 5) is 1.76. The molecule has 27 heavy (non-hydrogen) atoms. The topological polar surface area (TPSA) is 0 Å². The summed E-state index contributed by atoms with van der Waals surface area (Å²) in [6.07, 6.45) is 0. The molecule has 2 aromatic rings. The minimum Gasteiger partial charge on any atom is -0.0596 e. The van der Waals surface area contributed by atoms with Crippen molar-refractivity contribution in [3.63, 3.8) is 0 Å². The average Bonchev–Trinajstić information content (AvgIpc) is 3.07. The second kappa shape index (κ2) is 5.32. The number of hydrogen-bond donors (Lipinski definition) is 0. The van der Waals surface area contributed by atoms with Crippen molar-refractivity contribution in [1.29, 1.82) is 0 Å². The lowest BCUT2D eigenvalue weighted by Crippen LogP contribution is -2.18. The van der Waals surface area contributed by atoms with Crippen molar-refractivity contribution in [2.24, 2.45) is 5.41 Å². The third-order valence-electron chi connectivity index (χ3n) is 7.18. The molecule has 0 N–H and O–H groups in total. The van der Waals surface area contributed by atoms with Crippen molar-refractivity contribution >= 4 is 14.7 Å². The Morgan fingerprint density at radius 2 is 1.48 bits per heavy atom. The molecule has 0 amide bonds. The minimum absolute atomic E-state index is 0.377. The van der Waals surface area contributed by atoms with E-state index in [1.54, 1.807) is 32.3 Å². The summed E-state index contributed by atoms with van der Waals surface area (Å²) in [6.45, 7) is 19.1. The monoisotopic (exact) mass is 372 g/mol. The Kier molecular flexibility index (Phi) is 3.47. The molecule has 2 aromatic carbocycles. The van der Waals surface area contributed by atoms with Gasteiger partial charge in [0.2, 0.25) is 0 Å². The highest BCUT2D eigenvalue weighted by atomic mass is 28.2. The van der Waals surface area contributed by atoms with E-state index in [4.69, 9.17) is 0 Å². The minimum atomic E-state index is 0.377. The fourth-order valence-corrected chi connectivity index (χ4v) is 7.84. The highest BCUT2D eigenvalue weighted by Crippen LogP contribution is 2.64. The number of rotatable bonds is 3. The van der Waals surface area contributed by atoms with Crippen molar-refractivity contribution in [1.82, 2.24) is 0 Å². The zero-order valence-corrected chi connectivity index (χ0v) is 19.3. The largest absolute Gasteiger partial charge is 0.0596 e. The van der Waals surface area contributed by atoms with Crippen LogP contribution in [0.2, 0.25) is 5.54 Å². The number of hydrogen-bond acceptors (Lipinski definition) is 0. The van der Waals surface area contributed by atoms with Crippen LogP contribution in [0, 0.1) is 17.2 Å². The van der Waals surface area contributed by atoms with Crippen molar-refractivity contribution in [3.05, 3.63) is 56.0 Å². The van der Waals surface area contributed by atoms with E-state index in [0.29, 0.717) is 32.3 Å². The molecule has 2 atom stereocenters. The predicted octanol–water partition coefficient (Wildman–Crippen LogP) is 6.05. The zero-order chi connectivity index (χ0) is 19.4. The van der Waals surface area contributed by atoms with Gasteiger partial charge in [-0.15, -0.1) is 0 Å². The molecule has 0 nitrogen and oxygen atoms in total. The van der Waals surface area contributed by atoms with Crippen LogP contribution >= 0.6 is 0 Å². The van der Waals surface area contributed by atoms with E-state index < -0.39 is 0 Å². The van der Waals surface area contributed by atoms with Crippen LogP contribution in [0.4, 0.5) is 0 Å². The lowest BCUT2D eigenvalue weighted by atomic mass is 9.83. The molecule has 4 aliphatic rings. The molecule has 1 heteroatoms. The number of benzene rings is 2. The van der Waals surface area contributed by atoms with Crippen molar-refractivity contribution in [2.75, 3.05) is 0 Å². The summed E-state index contributed by atoms with van der Waals surface area (Å²) in [5.74, 6) is 1.86. The van der Waals surface area contributed by atoms with Gasteiger partial charge in [0.1, 0.15) is 0 Å². The average molecular weight is 373 g/mol. The maximum atomic E-state index is 2.50. The molecule has 2 unspecified atom stereocenters. The molecule has 0 saturated heterocycles. The van der Waals surface area contributed by atoms with Crippen molar-refractivity contribution < 1.29 is 0 Å². The zero-order valence-electron chi connectivity index (χ0n) is 18.1. The normalized spacial score (nSPS) is 21.5. The molecule has 1 aliphatic heterocycles. The van der Waals surface area contributed by atoms with Crippen LogP contribution in [0.3, 0.4) is 0 Å². The van der Waals surface area contributed by atoms with E-state index in [0.717, 1.165) is 5.54 Å². The van der Waals surface area contributed by atoms with Gasteiger partial charge in [-0.05, 0) is 84.3 Å². The molecular formula is C26H32Si. The highest BCUT2D eigenvalue weighted by Gasteiger charge is 2.52. The fourth-order valence-electron chi connectivity index (χ4n) is 5.58. The molecule has 6 rings (SSSR count). The van der Waals surface area contributed by atoms with Crippen LogP contribution in [0.15, 0.2) is 18.2 Å². The first-order chi connectivity index (χ1) is 12.6. The third kappa shape index (κ3) is 2.24. The smallest absolute Gasteiger partial charge is 0.0326 e. The van der Waals surface area contributed by atoms with Crippen molar-refractivity contribution in [2.45, 2.75) is 78.7 Å². The van der Waals surface area contributed by atoms with Gasteiger partial charge in [0.25, 0.3) is 0 Å². The lowest BCUT2D eigenvalue weighted by molar-refractivity contribution is 0.424. The maximum absolute atomic E-state index is 2.50. The Morgan fingerprint density at radius 3 is 2.00 bits per heavy atom. The molecular weight excluding hydrogens is 340 g/mol. The summed E-state index contributed by atoms with van der Waals surface area (Å²) in [6, 6.07) is 7.44. The summed E-state index contributed by atoms with van der Waals surface area (Å²) in [5.41, 5.74) is 14.2. The summed E-state index contributed by atoms with van der Waals surface area (Å²) >= 11 is 0. The second-order valence-corrected chi connectivity index (χ2v) is 12.3. The quantitative estimate of drug-likeness (QED) is 0.575. The molecule has 0 saturated carbocycles. The lowest BCUT2D eigenvalue weighted by Gasteiger charge is -2.28. The van der Waals surface area contributed by atoms with Gasteiger partial charge in [-0.3, -0.25) is 0 Å². The van der Waals surface area contributed by atoms with E-state index in [-0.39, 0.29) is 0 Å². The molecule has 0 radical (unpaired) electrons. The van der Waals surface area contributed by atoms with E-state index in [9.17, 15) is 0 Å². The SMILES string of the molecule is Cc1c2c3c(-c4cc(C(C)C)cc(C(C)C)c4)c4c1=[SiH]C(C(C)(C)C)C=4C23. The van der Waals surface area contributed by atoms with Gasteiger partial charge >= 0.3 is 0 Å². The van der Waals surface area contributed by atoms with Crippen LogP contribution in [-0.2, 0) is 0 Å². The Morgan fingerprint density at radius 1 is 0.889 bits per heavy atom. The van der Waals surface area contributed by atoms with Crippen LogP contribution in [-0.4, -0.2) is 9.13 Å². The molecule has 140 valence electrons. The predicted molar refractivity (Wildman–Crippen MR) is 119 cm³/mol. The Bertz CT molecular complexity index is 1100. The van der Waals surface area contributed by atoms with Gasteiger partial charge in [-0.25, -0.2) is 0 Å². The van der Waals surface area contributed by atoms with Gasteiger partial charge in [0.15, 0.2) is 0 Å². The Hall–Kier alpha value is -1.47. The van der Waals surface area contributed by atoms with Gasteiger partial charge < -0.3 is 0 Å². The van der Waals surface area contributed by atoms with E-state index >= 15 is 0 Å². The van der Waals surface area contributed by atoms with Gasteiger partial charge in [-0.1, -0.05) is 66.7 Å². The highest BCUT2D eigenvalue weighted by molar-refractivity contribution is 6.37. The molecule has 3 aliphatic carbocycles.